The van der Waals surface area contributed by atoms with Crippen molar-refractivity contribution in [1.82, 2.24) is 19.3 Å². The van der Waals surface area contributed by atoms with Crippen molar-refractivity contribution in [3.8, 4) is 11.5 Å². The van der Waals surface area contributed by atoms with Gasteiger partial charge in [0.05, 0.1) is 14.2 Å². The summed E-state index contributed by atoms with van der Waals surface area (Å²) < 4.78 is 13.6. The largest absolute Gasteiger partial charge is 0.493 e. The Balaban J connectivity index is 1.89. The van der Waals surface area contributed by atoms with Crippen LogP contribution in [-0.2, 0) is 18.4 Å². The normalized spacial score (nSPS) is 10.9. The van der Waals surface area contributed by atoms with Crippen molar-refractivity contribution < 1.29 is 14.3 Å². The standard InChI is InChI=1S/C17H18BrN5O4/c1-21(10-5-6-11(26-3)12(7-10)27-4)13(24)8-23-9-19-16-14(17(23)25)15(18)20-22(16)2/h5-7,9H,8H2,1-4H3. The van der Waals surface area contributed by atoms with E-state index in [1.807, 2.05) is 0 Å². The molecule has 0 spiro atoms. The number of hydrogen-bond donors (Lipinski definition) is 0. The highest BCUT2D eigenvalue weighted by Crippen LogP contribution is 2.31. The van der Waals surface area contributed by atoms with Gasteiger partial charge in [-0.3, -0.25) is 14.2 Å². The first-order chi connectivity index (χ1) is 12.9. The molecule has 0 saturated heterocycles. The van der Waals surface area contributed by atoms with E-state index in [0.29, 0.717) is 32.8 Å². The molecule has 27 heavy (non-hydrogen) atoms. The molecule has 0 atom stereocenters. The van der Waals surface area contributed by atoms with Crippen LogP contribution in [0.15, 0.2) is 33.9 Å². The van der Waals surface area contributed by atoms with Crippen LogP contribution in [-0.4, -0.2) is 46.5 Å². The third kappa shape index (κ3) is 3.39. The maximum absolute atomic E-state index is 12.7. The van der Waals surface area contributed by atoms with Crippen LogP contribution in [0.25, 0.3) is 11.0 Å². The second kappa shape index (κ2) is 7.39. The topological polar surface area (TPSA) is 91.5 Å². The highest BCUT2D eigenvalue weighted by Gasteiger charge is 2.18. The number of halogens is 1. The summed E-state index contributed by atoms with van der Waals surface area (Å²) in [6.45, 7) is -0.159. The lowest BCUT2D eigenvalue weighted by atomic mass is 10.2. The van der Waals surface area contributed by atoms with Gasteiger partial charge in [-0.25, -0.2) is 9.67 Å². The number of aromatic nitrogens is 4. The van der Waals surface area contributed by atoms with Crippen LogP contribution in [0.1, 0.15) is 0 Å². The number of likely N-dealkylation sites (N-methyl/N-ethyl adjacent to an activating group) is 1. The smallest absolute Gasteiger partial charge is 0.266 e. The van der Waals surface area contributed by atoms with Gasteiger partial charge in [-0.15, -0.1) is 0 Å². The molecule has 0 radical (unpaired) electrons. The van der Waals surface area contributed by atoms with Crippen molar-refractivity contribution in [2.45, 2.75) is 6.54 Å². The van der Waals surface area contributed by atoms with E-state index in [-0.39, 0.29) is 18.0 Å². The molecule has 142 valence electrons. The van der Waals surface area contributed by atoms with Crippen LogP contribution in [0.4, 0.5) is 5.69 Å². The molecule has 0 aliphatic rings. The van der Waals surface area contributed by atoms with E-state index in [9.17, 15) is 9.59 Å². The predicted molar refractivity (Wildman–Crippen MR) is 103 cm³/mol. The SMILES string of the molecule is COc1ccc(N(C)C(=O)Cn2cnc3c(c(Br)nn3C)c2=O)cc1OC. The first kappa shape index (κ1) is 18.9. The lowest BCUT2D eigenvalue weighted by Crippen LogP contribution is -2.34. The van der Waals surface area contributed by atoms with Gasteiger partial charge < -0.3 is 14.4 Å². The average molecular weight is 436 g/mol. The first-order valence-electron chi connectivity index (χ1n) is 7.93. The van der Waals surface area contributed by atoms with E-state index in [0.717, 1.165) is 0 Å². The number of amides is 1. The summed E-state index contributed by atoms with van der Waals surface area (Å²) in [6.07, 6.45) is 1.35. The summed E-state index contributed by atoms with van der Waals surface area (Å²) in [5.74, 6) is 0.786. The zero-order chi connectivity index (χ0) is 19.7. The highest BCUT2D eigenvalue weighted by atomic mass is 79.9. The van der Waals surface area contributed by atoms with E-state index in [4.69, 9.17) is 9.47 Å². The Morgan fingerprint density at radius 3 is 2.63 bits per heavy atom. The van der Waals surface area contributed by atoms with Crippen molar-refractivity contribution in [2.75, 3.05) is 26.2 Å². The summed E-state index contributed by atoms with van der Waals surface area (Å²) in [4.78, 5) is 31.0. The molecule has 9 nitrogen and oxygen atoms in total. The van der Waals surface area contributed by atoms with Crippen LogP contribution < -0.4 is 19.9 Å². The highest BCUT2D eigenvalue weighted by molar-refractivity contribution is 9.10. The van der Waals surface area contributed by atoms with Crippen molar-refractivity contribution in [3.05, 3.63) is 39.5 Å². The quantitative estimate of drug-likeness (QED) is 0.603. The third-order valence-electron chi connectivity index (χ3n) is 4.20. The summed E-state index contributed by atoms with van der Waals surface area (Å²) in [7, 11) is 6.38. The molecule has 2 aromatic heterocycles. The fourth-order valence-corrected chi connectivity index (χ4v) is 3.26. The van der Waals surface area contributed by atoms with Gasteiger partial charge in [0.2, 0.25) is 5.91 Å². The number of carbonyl (C=O) groups excluding carboxylic acids is 1. The van der Waals surface area contributed by atoms with Gasteiger partial charge in [0.15, 0.2) is 17.1 Å². The molecule has 3 rings (SSSR count). The fraction of sp³-hybridized carbons (Fsp3) is 0.294. The van der Waals surface area contributed by atoms with E-state index >= 15 is 0 Å². The second-order valence-electron chi connectivity index (χ2n) is 5.78. The minimum Gasteiger partial charge on any atom is -0.493 e. The predicted octanol–water partition coefficient (Wildman–Crippen LogP) is 1.57. The molecule has 0 fully saturated rings. The van der Waals surface area contributed by atoms with Gasteiger partial charge >= 0.3 is 0 Å². The average Bonchev–Trinajstić information content (AvgIpc) is 2.96. The Morgan fingerprint density at radius 2 is 1.96 bits per heavy atom. The number of aryl methyl sites for hydroxylation is 1. The lowest BCUT2D eigenvalue weighted by molar-refractivity contribution is -0.118. The summed E-state index contributed by atoms with van der Waals surface area (Å²) in [6, 6.07) is 5.14. The maximum atomic E-state index is 12.7. The van der Waals surface area contributed by atoms with Crippen LogP contribution in [0.5, 0.6) is 11.5 Å². The van der Waals surface area contributed by atoms with Crippen molar-refractivity contribution in [3.63, 3.8) is 0 Å². The number of methoxy groups -OCH3 is 2. The lowest BCUT2D eigenvalue weighted by Gasteiger charge is -2.19. The van der Waals surface area contributed by atoms with Gasteiger partial charge in [0.25, 0.3) is 5.56 Å². The number of anilines is 1. The zero-order valence-corrected chi connectivity index (χ0v) is 16.8. The number of ether oxygens (including phenoxy) is 2. The molecule has 10 heteroatoms. The monoisotopic (exact) mass is 435 g/mol. The molecular formula is C17H18BrN5O4. The summed E-state index contributed by atoms with van der Waals surface area (Å²) >= 11 is 3.26. The zero-order valence-electron chi connectivity index (χ0n) is 15.3. The number of benzene rings is 1. The first-order valence-corrected chi connectivity index (χ1v) is 8.73. The van der Waals surface area contributed by atoms with Gasteiger partial charge in [-0.1, -0.05) is 0 Å². The molecule has 2 heterocycles. The van der Waals surface area contributed by atoms with Crippen LogP contribution in [0, 0.1) is 0 Å². The Bertz CT molecular complexity index is 1080. The van der Waals surface area contributed by atoms with Gasteiger partial charge in [-0.05, 0) is 28.1 Å². The molecule has 1 amide bonds. The van der Waals surface area contributed by atoms with E-state index in [1.54, 1.807) is 39.4 Å². The number of rotatable bonds is 5. The Kier molecular flexibility index (Phi) is 5.17. The van der Waals surface area contributed by atoms with Gasteiger partial charge in [0, 0.05) is 25.8 Å². The molecule has 0 unspecified atom stereocenters. The second-order valence-corrected chi connectivity index (χ2v) is 6.53. The molecule has 0 N–H and O–H groups in total. The minimum absolute atomic E-state index is 0.159. The van der Waals surface area contributed by atoms with Gasteiger partial charge in [0.1, 0.15) is 22.9 Å². The fourth-order valence-electron chi connectivity index (χ4n) is 2.68. The van der Waals surface area contributed by atoms with Crippen molar-refractivity contribution >= 4 is 38.6 Å². The maximum Gasteiger partial charge on any atom is 0.266 e. The Morgan fingerprint density at radius 1 is 1.26 bits per heavy atom. The molecular weight excluding hydrogens is 418 g/mol. The number of fused-ring (bicyclic) bond motifs is 1. The van der Waals surface area contributed by atoms with Crippen molar-refractivity contribution in [2.24, 2.45) is 7.05 Å². The van der Waals surface area contributed by atoms with Crippen molar-refractivity contribution in [1.29, 1.82) is 0 Å². The summed E-state index contributed by atoms with van der Waals surface area (Å²) in [5.41, 5.74) is 0.722. The molecule has 0 bridgehead atoms. The van der Waals surface area contributed by atoms with E-state index in [2.05, 4.69) is 26.0 Å². The number of carbonyl (C=O) groups is 1. The molecule has 3 aromatic rings. The number of hydrogen-bond acceptors (Lipinski definition) is 6. The molecule has 0 aliphatic heterocycles. The minimum atomic E-state index is -0.339. The van der Waals surface area contributed by atoms with Crippen LogP contribution in [0.2, 0.25) is 0 Å². The Labute approximate surface area is 163 Å². The van der Waals surface area contributed by atoms with Crippen LogP contribution in [0.3, 0.4) is 0 Å². The number of nitrogens with zero attached hydrogens (tertiary/aromatic N) is 5. The molecule has 0 saturated carbocycles. The summed E-state index contributed by atoms with van der Waals surface area (Å²) in [5, 5.41) is 4.46. The Hall–Kier alpha value is -2.88. The van der Waals surface area contributed by atoms with Gasteiger partial charge in [-0.2, -0.15) is 5.10 Å². The third-order valence-corrected chi connectivity index (χ3v) is 4.76. The molecule has 1 aromatic carbocycles. The van der Waals surface area contributed by atoms with Crippen LogP contribution >= 0.6 is 15.9 Å². The van der Waals surface area contributed by atoms with E-state index in [1.165, 1.54) is 27.6 Å². The van der Waals surface area contributed by atoms with E-state index < -0.39 is 0 Å². The molecule has 0 aliphatic carbocycles.